The van der Waals surface area contributed by atoms with E-state index in [0.717, 1.165) is 0 Å². The van der Waals surface area contributed by atoms with E-state index in [9.17, 15) is 4.79 Å². The summed E-state index contributed by atoms with van der Waals surface area (Å²) in [5.41, 5.74) is 0. The van der Waals surface area contributed by atoms with Gasteiger partial charge in [-0.1, -0.05) is 0 Å². The van der Waals surface area contributed by atoms with Crippen molar-refractivity contribution in [3.8, 4) is 0 Å². The molecule has 0 N–H and O–H groups in total. The summed E-state index contributed by atoms with van der Waals surface area (Å²) < 4.78 is -0.106. The second kappa shape index (κ2) is 15.8. The van der Waals surface area contributed by atoms with Gasteiger partial charge in [0.25, 0.3) is 0 Å². The Morgan fingerprint density at radius 1 is 1.62 bits per heavy atom. The topological polar surface area (TPSA) is 17.1 Å². The number of carbonyl (C=O) groups excluding carboxylic acids is 1. The Hall–Kier alpha value is 1.49. The molecular weight excluding hydrogens is 278 g/mol. The van der Waals surface area contributed by atoms with E-state index in [1.807, 2.05) is 0 Å². The molecule has 54 valence electrons. The average molecular weight is 281 g/mol. The second-order valence-corrected chi connectivity index (χ2v) is 1.15. The molecule has 1 nitrogen and oxygen atoms in total. The van der Waals surface area contributed by atoms with Crippen LogP contribution in [-0.4, -0.2) is 4.65 Å². The van der Waals surface area contributed by atoms with Crippen molar-refractivity contribution in [2.75, 3.05) is 0 Å². The number of hydrogen-bond acceptors (Lipinski definition) is 1. The predicted molar refractivity (Wildman–Crippen MR) is 15.2 cm³/mol. The van der Waals surface area contributed by atoms with E-state index in [0.29, 0.717) is 0 Å². The first-order valence-electron chi connectivity index (χ1n) is 1.11. The molecule has 0 aliphatic heterocycles. The summed E-state index contributed by atoms with van der Waals surface area (Å²) in [6.07, 6.45) is 1.22. The van der Waals surface area contributed by atoms with E-state index in [1.54, 1.807) is 0 Å². The largest absolute Gasteiger partial charge is 0 e. The Kier molecular flexibility index (Phi) is 44.8. The van der Waals surface area contributed by atoms with Crippen LogP contribution in [0.15, 0.2) is 12.7 Å². The first-order valence-corrected chi connectivity index (χ1v) is 1.74. The summed E-state index contributed by atoms with van der Waals surface area (Å²) in [4.78, 5) is 9.64. The Morgan fingerprint density at radius 2 is 1.75 bits per heavy atom. The summed E-state index contributed by atoms with van der Waals surface area (Å²) in [7, 11) is 0. The molecule has 0 unspecified atom stereocenters. The molecule has 0 aliphatic carbocycles. The van der Waals surface area contributed by atoms with E-state index in [-0.39, 0.29) is 55.6 Å². The van der Waals surface area contributed by atoms with Crippen molar-refractivity contribution < 1.29 is 72.0 Å². The second-order valence-electron chi connectivity index (χ2n) is 0.523. The van der Waals surface area contributed by atoms with Crippen molar-refractivity contribution in [1.82, 2.24) is 0 Å². The first-order chi connectivity index (χ1) is 2.27. The van der Waals surface area contributed by atoms with Crippen molar-refractivity contribution in [2.24, 2.45) is 0 Å². The fourth-order valence-electron chi connectivity index (χ4n) is 0. The average Bonchev–Trinajstić information content (AvgIpc) is 1.38. The molecule has 1 radical (unpaired) electrons. The van der Waals surface area contributed by atoms with E-state index in [1.165, 1.54) is 6.08 Å². The Balaban J connectivity index is -0.0000000267. The molecule has 0 saturated carbocycles. The van der Waals surface area contributed by atoms with Crippen LogP contribution in [0.5, 0.6) is 0 Å². The quantitative estimate of drug-likeness (QED) is 0.497. The van der Waals surface area contributed by atoms with Crippen LogP contribution in [0.25, 0.3) is 0 Å². The van der Waals surface area contributed by atoms with Crippen molar-refractivity contribution in [1.29, 1.82) is 0 Å². The number of allylic oxidation sites excluding steroid dienone is 1. The van der Waals surface area contributed by atoms with Crippen molar-refractivity contribution in [2.45, 2.75) is 0 Å². The predicted octanol–water partition coefficient (Wildman–Crippen LogP) is 0.238. The molecule has 0 aliphatic rings. The van der Waals surface area contributed by atoms with Gasteiger partial charge in [0, 0.05) is 50.9 Å². The van der Waals surface area contributed by atoms with E-state index < -0.39 is 0 Å². The molecule has 0 heterocycles. The van der Waals surface area contributed by atoms with Gasteiger partial charge in [-0.2, -0.15) is 0 Å². The summed E-state index contributed by atoms with van der Waals surface area (Å²) in [6.45, 7) is 3.18. The zero-order chi connectivity index (χ0) is 4.28. The third-order valence-electron chi connectivity index (χ3n) is 0.167. The van der Waals surface area contributed by atoms with Crippen LogP contribution in [0.4, 0.5) is 0 Å². The van der Waals surface area contributed by atoms with E-state index in [2.05, 4.69) is 22.9 Å². The minimum Gasteiger partial charge on any atom is 0 e. The minimum absolute atomic E-state index is 0. The van der Waals surface area contributed by atoms with Crippen LogP contribution in [0.3, 0.4) is 0 Å². The number of carbonyl (C=O) groups is 1. The zero-order valence-electron chi connectivity index (χ0n) is 3.63. The molecule has 5 heteroatoms. The smallest absolute Gasteiger partial charge is 0 e. The summed E-state index contributed by atoms with van der Waals surface area (Å²) >= 11 is 2.23. The first kappa shape index (κ1) is 22.7. The Morgan fingerprint density at radius 3 is 1.75 bits per heavy atom. The van der Waals surface area contributed by atoms with Gasteiger partial charge < -0.3 is 0 Å². The minimum atomic E-state index is -0.106. The molecule has 0 spiro atoms. The fourth-order valence-corrected chi connectivity index (χ4v) is 0. The molecule has 8 heavy (non-hydrogen) atoms. The molecule has 0 amide bonds. The van der Waals surface area contributed by atoms with Crippen LogP contribution in [-0.2, 0) is 72.0 Å². The molecule has 0 rings (SSSR count). The standard InChI is InChI=1S/C3H3O.2Cr.Cu.Ni/c1-2-3-4;;;;/h2H,1H2;;;;. The SMILES string of the molecule is C=C[C](=O)[Cr].[Cr].[Cu].[Ni]. The normalized spacial score (nSPS) is 4.00. The van der Waals surface area contributed by atoms with Gasteiger partial charge in [0.05, 0.1) is 0 Å². The van der Waals surface area contributed by atoms with Gasteiger partial charge in [0.1, 0.15) is 0 Å². The van der Waals surface area contributed by atoms with Crippen LogP contribution in [0, 0.1) is 0 Å². The molecule has 0 aromatic carbocycles. The maximum absolute atomic E-state index is 9.64. The fraction of sp³-hybridized carbons (Fsp3) is 0. The van der Waals surface area contributed by atoms with Gasteiger partial charge in [0.15, 0.2) is 0 Å². The third kappa shape index (κ3) is 25.9. The van der Waals surface area contributed by atoms with Gasteiger partial charge in [-0.3, -0.25) is 0 Å². The van der Waals surface area contributed by atoms with Crippen molar-refractivity contribution in [3.63, 3.8) is 0 Å². The summed E-state index contributed by atoms with van der Waals surface area (Å²) in [5.74, 6) is 0. The summed E-state index contributed by atoms with van der Waals surface area (Å²) in [5, 5.41) is 0. The van der Waals surface area contributed by atoms with E-state index in [4.69, 9.17) is 0 Å². The van der Waals surface area contributed by atoms with Crippen molar-refractivity contribution in [3.05, 3.63) is 12.7 Å². The maximum Gasteiger partial charge on any atom is 0 e. The molecule has 0 fully saturated rings. The Labute approximate surface area is 88.6 Å². The zero-order valence-corrected chi connectivity index (χ0v) is 8.11. The van der Waals surface area contributed by atoms with Gasteiger partial charge in [-0.25, -0.2) is 0 Å². The molecule has 0 saturated heterocycles. The van der Waals surface area contributed by atoms with Gasteiger partial charge in [0.2, 0.25) is 0 Å². The van der Waals surface area contributed by atoms with Crippen molar-refractivity contribution >= 4 is 4.65 Å². The van der Waals surface area contributed by atoms with Gasteiger partial charge in [-0.05, 0) is 0 Å². The Bertz CT molecular complexity index is 68.3. The number of rotatable bonds is 1. The summed E-state index contributed by atoms with van der Waals surface area (Å²) in [6, 6.07) is 0. The number of hydrogen-bond donors (Lipinski definition) is 0. The third-order valence-corrected chi connectivity index (χ3v) is 0.427. The monoisotopic (exact) mass is 280 g/mol. The van der Waals surface area contributed by atoms with Gasteiger partial charge in [-0.15, -0.1) is 0 Å². The molecule has 0 bridgehead atoms. The van der Waals surface area contributed by atoms with Crippen LogP contribution in [0.1, 0.15) is 0 Å². The van der Waals surface area contributed by atoms with Crippen LogP contribution >= 0.6 is 0 Å². The van der Waals surface area contributed by atoms with Crippen LogP contribution in [0.2, 0.25) is 0 Å². The van der Waals surface area contributed by atoms with Crippen LogP contribution < -0.4 is 0 Å². The van der Waals surface area contributed by atoms with E-state index >= 15 is 0 Å². The molecule has 0 aromatic heterocycles. The van der Waals surface area contributed by atoms with Gasteiger partial charge >= 0.3 is 38.4 Å². The maximum atomic E-state index is 9.64. The molecular formula is C3H3Cr2CuNiO. The molecule has 0 atom stereocenters. The molecule has 0 aromatic rings.